The monoisotopic (exact) mass is 296 g/mol. The van der Waals surface area contributed by atoms with Gasteiger partial charge in [-0.15, -0.1) is 0 Å². The molecule has 0 radical (unpaired) electrons. The Kier molecular flexibility index (Phi) is 4.89. The van der Waals surface area contributed by atoms with Crippen molar-refractivity contribution in [1.82, 2.24) is 4.90 Å². The van der Waals surface area contributed by atoms with Crippen LogP contribution in [0.25, 0.3) is 0 Å². The number of hydrogen-bond donors (Lipinski definition) is 1. The van der Waals surface area contributed by atoms with E-state index in [0.717, 1.165) is 24.9 Å². The summed E-state index contributed by atoms with van der Waals surface area (Å²) in [7, 11) is 1.58. The minimum absolute atomic E-state index is 0.0857. The first-order chi connectivity index (χ1) is 9.58. The number of likely N-dealkylation sites (tertiary alicyclic amines) is 1. The number of hydrogen-bond acceptors (Lipinski definition) is 3. The molecular formula is C15H21ClN2O2. The fourth-order valence-electron chi connectivity index (χ4n) is 2.70. The summed E-state index contributed by atoms with van der Waals surface area (Å²) in [4.78, 5) is 14.0. The maximum absolute atomic E-state index is 12.1. The third-order valence-corrected chi connectivity index (χ3v) is 4.04. The molecule has 1 aromatic carbocycles. The van der Waals surface area contributed by atoms with E-state index in [4.69, 9.17) is 22.1 Å². The van der Waals surface area contributed by atoms with Crippen molar-refractivity contribution in [2.45, 2.75) is 38.3 Å². The summed E-state index contributed by atoms with van der Waals surface area (Å²) in [5.74, 6) is 0.760. The van der Waals surface area contributed by atoms with E-state index < -0.39 is 0 Å². The van der Waals surface area contributed by atoms with Crippen molar-refractivity contribution >= 4 is 17.5 Å². The second-order valence-corrected chi connectivity index (χ2v) is 5.55. The van der Waals surface area contributed by atoms with E-state index >= 15 is 0 Å². The minimum atomic E-state index is -0.177. The largest absolute Gasteiger partial charge is 0.495 e. The minimum Gasteiger partial charge on any atom is -0.495 e. The van der Waals surface area contributed by atoms with Crippen molar-refractivity contribution in [2.75, 3.05) is 13.7 Å². The molecule has 4 nitrogen and oxygen atoms in total. The molecule has 1 aliphatic rings. The highest BCUT2D eigenvalue weighted by molar-refractivity contribution is 6.32. The first kappa shape index (κ1) is 15.1. The maximum Gasteiger partial charge on any atom is 0.224 e. The zero-order valence-electron chi connectivity index (χ0n) is 11.9. The molecule has 1 saturated heterocycles. The molecule has 0 saturated carbocycles. The highest BCUT2D eigenvalue weighted by Crippen LogP contribution is 2.35. The van der Waals surface area contributed by atoms with Crippen molar-refractivity contribution in [2.24, 2.45) is 5.73 Å². The summed E-state index contributed by atoms with van der Waals surface area (Å²) < 4.78 is 5.16. The third kappa shape index (κ3) is 2.91. The maximum atomic E-state index is 12.1. The van der Waals surface area contributed by atoms with Gasteiger partial charge >= 0.3 is 0 Å². The Labute approximate surface area is 124 Å². The fraction of sp³-hybridized carbons (Fsp3) is 0.533. The van der Waals surface area contributed by atoms with Gasteiger partial charge in [0.15, 0.2) is 0 Å². The van der Waals surface area contributed by atoms with Gasteiger partial charge in [-0.25, -0.2) is 0 Å². The van der Waals surface area contributed by atoms with E-state index in [1.54, 1.807) is 7.11 Å². The summed E-state index contributed by atoms with van der Waals surface area (Å²) in [6.07, 6.45) is 2.44. The van der Waals surface area contributed by atoms with Crippen molar-refractivity contribution in [3.8, 4) is 5.75 Å². The molecule has 0 aromatic heterocycles. The number of halogens is 1. The van der Waals surface area contributed by atoms with Gasteiger partial charge in [-0.1, -0.05) is 31.0 Å². The van der Waals surface area contributed by atoms with E-state index in [9.17, 15) is 4.79 Å². The summed E-state index contributed by atoms with van der Waals surface area (Å²) in [5, 5.41) is 0.548. The van der Waals surface area contributed by atoms with Crippen LogP contribution in [0, 0.1) is 0 Å². The molecule has 1 aromatic rings. The molecule has 2 N–H and O–H groups in total. The average Bonchev–Trinajstić information content (AvgIpc) is 2.70. The highest BCUT2D eigenvalue weighted by atomic mass is 35.5. The number of ether oxygens (including phenoxy) is 1. The average molecular weight is 297 g/mol. The third-order valence-electron chi connectivity index (χ3n) is 3.74. The van der Waals surface area contributed by atoms with Gasteiger partial charge in [-0.2, -0.15) is 0 Å². The lowest BCUT2D eigenvalue weighted by molar-refractivity contribution is -0.129. The number of nitrogens with zero attached hydrogens (tertiary/aromatic N) is 1. The van der Waals surface area contributed by atoms with Crippen LogP contribution in [-0.4, -0.2) is 30.5 Å². The summed E-state index contributed by atoms with van der Waals surface area (Å²) in [5.41, 5.74) is 7.12. The van der Waals surface area contributed by atoms with Gasteiger partial charge in [0.2, 0.25) is 5.91 Å². The number of methoxy groups -OCH3 is 1. The molecule has 110 valence electrons. The Morgan fingerprint density at radius 2 is 2.25 bits per heavy atom. The van der Waals surface area contributed by atoms with Crippen molar-refractivity contribution < 1.29 is 9.53 Å². The first-order valence-electron chi connectivity index (χ1n) is 6.97. The van der Waals surface area contributed by atoms with Crippen LogP contribution in [0.5, 0.6) is 5.75 Å². The first-order valence-corrected chi connectivity index (χ1v) is 7.34. The lowest BCUT2D eigenvalue weighted by atomic mass is 10.0. The molecule has 1 fully saturated rings. The van der Waals surface area contributed by atoms with Gasteiger partial charge in [-0.05, 0) is 24.1 Å². The molecule has 1 heterocycles. The molecular weight excluding hydrogens is 276 g/mol. The standard InChI is InChI=1S/C15H21ClN2O2/c1-3-4-7-18-14(19)9-12(17)15(18)10-5-6-13(20-2)11(16)8-10/h5-6,8,12,15H,3-4,7,9,17H2,1-2H3. The molecule has 0 spiro atoms. The predicted octanol–water partition coefficient (Wildman–Crippen LogP) is 2.75. The van der Waals surface area contributed by atoms with Gasteiger partial charge in [0.25, 0.3) is 0 Å². The molecule has 0 bridgehead atoms. The smallest absolute Gasteiger partial charge is 0.224 e. The van der Waals surface area contributed by atoms with E-state index in [-0.39, 0.29) is 18.0 Å². The Morgan fingerprint density at radius 1 is 1.50 bits per heavy atom. The van der Waals surface area contributed by atoms with Crippen LogP contribution in [0.4, 0.5) is 0 Å². The van der Waals surface area contributed by atoms with Crippen LogP contribution in [0.2, 0.25) is 5.02 Å². The van der Waals surface area contributed by atoms with E-state index in [0.29, 0.717) is 17.2 Å². The Balaban J connectivity index is 2.27. The molecule has 2 rings (SSSR count). The SMILES string of the molecule is CCCCN1C(=O)CC(N)C1c1ccc(OC)c(Cl)c1. The van der Waals surface area contributed by atoms with Crippen LogP contribution in [0.3, 0.4) is 0 Å². The van der Waals surface area contributed by atoms with Gasteiger partial charge in [0.05, 0.1) is 18.2 Å². The van der Waals surface area contributed by atoms with E-state index in [1.165, 1.54) is 0 Å². The number of carbonyl (C=O) groups is 1. The number of rotatable bonds is 5. The number of carbonyl (C=O) groups excluding carboxylic acids is 1. The van der Waals surface area contributed by atoms with E-state index in [1.807, 2.05) is 23.1 Å². The molecule has 0 aliphatic carbocycles. The van der Waals surface area contributed by atoms with Crippen molar-refractivity contribution in [3.63, 3.8) is 0 Å². The van der Waals surface area contributed by atoms with Gasteiger partial charge in [0.1, 0.15) is 5.75 Å². The fourth-order valence-corrected chi connectivity index (χ4v) is 2.97. The van der Waals surface area contributed by atoms with Crippen molar-refractivity contribution in [1.29, 1.82) is 0 Å². The highest BCUT2D eigenvalue weighted by Gasteiger charge is 2.38. The van der Waals surface area contributed by atoms with Gasteiger partial charge in [0, 0.05) is 19.0 Å². The Morgan fingerprint density at radius 3 is 2.85 bits per heavy atom. The number of amides is 1. The van der Waals surface area contributed by atoms with Gasteiger partial charge < -0.3 is 15.4 Å². The van der Waals surface area contributed by atoms with Crippen LogP contribution >= 0.6 is 11.6 Å². The summed E-state index contributed by atoms with van der Waals surface area (Å²) in [6, 6.07) is 5.35. The van der Waals surface area contributed by atoms with Crippen LogP contribution in [-0.2, 0) is 4.79 Å². The number of benzene rings is 1. The summed E-state index contributed by atoms with van der Waals surface area (Å²) in [6.45, 7) is 2.86. The van der Waals surface area contributed by atoms with Gasteiger partial charge in [-0.3, -0.25) is 4.79 Å². The molecule has 20 heavy (non-hydrogen) atoms. The summed E-state index contributed by atoms with van der Waals surface area (Å²) >= 11 is 6.17. The molecule has 5 heteroatoms. The van der Waals surface area contributed by atoms with E-state index in [2.05, 4.69) is 6.92 Å². The predicted molar refractivity (Wildman–Crippen MR) is 80.0 cm³/mol. The van der Waals surface area contributed by atoms with Crippen LogP contribution in [0.1, 0.15) is 37.8 Å². The topological polar surface area (TPSA) is 55.6 Å². The van der Waals surface area contributed by atoms with Crippen molar-refractivity contribution in [3.05, 3.63) is 28.8 Å². The second-order valence-electron chi connectivity index (χ2n) is 5.15. The van der Waals surface area contributed by atoms with Crippen LogP contribution < -0.4 is 10.5 Å². The molecule has 1 aliphatic heterocycles. The second kappa shape index (κ2) is 6.46. The normalized spacial score (nSPS) is 22.4. The lowest BCUT2D eigenvalue weighted by Gasteiger charge is -2.27. The zero-order chi connectivity index (χ0) is 14.7. The Bertz CT molecular complexity index is 493. The lowest BCUT2D eigenvalue weighted by Crippen LogP contribution is -2.33. The molecule has 2 unspecified atom stereocenters. The quantitative estimate of drug-likeness (QED) is 0.909. The number of unbranched alkanes of at least 4 members (excludes halogenated alkanes) is 1. The van der Waals surface area contributed by atoms with Crippen LogP contribution in [0.15, 0.2) is 18.2 Å². The molecule has 1 amide bonds. The number of nitrogens with two attached hydrogens (primary N) is 1. The Hall–Kier alpha value is -1.26. The zero-order valence-corrected chi connectivity index (χ0v) is 12.7. The molecule has 2 atom stereocenters.